The Labute approximate surface area is 198 Å². The summed E-state index contributed by atoms with van der Waals surface area (Å²) < 4.78 is 0. The van der Waals surface area contributed by atoms with Crippen LogP contribution in [0.2, 0.25) is 0 Å². The average Bonchev–Trinajstić information content (AvgIpc) is 3.19. The van der Waals surface area contributed by atoms with Crippen molar-refractivity contribution in [3.8, 4) is 0 Å². The van der Waals surface area contributed by atoms with Crippen molar-refractivity contribution >= 4 is 28.7 Å². The molecule has 0 radical (unpaired) electrons. The lowest BCUT2D eigenvalue weighted by atomic mass is 9.78. The van der Waals surface area contributed by atoms with Crippen LogP contribution in [0.1, 0.15) is 37.1 Å². The van der Waals surface area contributed by atoms with Crippen molar-refractivity contribution in [2.45, 2.75) is 51.2 Å². The zero-order chi connectivity index (χ0) is 24.3. The van der Waals surface area contributed by atoms with Gasteiger partial charge in [-0.3, -0.25) is 9.59 Å². The molecule has 6 N–H and O–H groups in total. The Balaban J connectivity index is 1.61. The molecule has 2 atom stereocenters. The largest absolute Gasteiger partial charge is 0.368 e. The molecular weight excluding hydrogens is 430 g/mol. The Bertz CT molecular complexity index is 1200. The first kappa shape index (κ1) is 23.4. The third-order valence-corrected chi connectivity index (χ3v) is 6.53. The number of hydrogen-bond acceptors (Lipinski definition) is 3. The van der Waals surface area contributed by atoms with E-state index in [9.17, 15) is 14.4 Å². The zero-order valence-electron chi connectivity index (χ0n) is 19.5. The molecule has 0 spiro atoms. The van der Waals surface area contributed by atoms with E-state index in [-0.39, 0.29) is 5.92 Å². The molecule has 1 heterocycles. The monoisotopic (exact) mass is 461 g/mol. The maximum Gasteiger partial charge on any atom is 0.315 e. The summed E-state index contributed by atoms with van der Waals surface area (Å²) in [4.78, 5) is 42.0. The van der Waals surface area contributed by atoms with E-state index < -0.39 is 29.4 Å². The third kappa shape index (κ3) is 4.76. The first-order valence-electron chi connectivity index (χ1n) is 11.6. The molecule has 0 bridgehead atoms. The number of carbonyl (C=O) groups excluding carboxylic acids is 3. The Morgan fingerprint density at radius 1 is 1.06 bits per heavy atom. The predicted molar refractivity (Wildman–Crippen MR) is 131 cm³/mol. The maximum atomic E-state index is 13.6. The smallest absolute Gasteiger partial charge is 0.315 e. The number of para-hydroxylation sites is 1. The van der Waals surface area contributed by atoms with Crippen molar-refractivity contribution in [3.63, 3.8) is 0 Å². The standard InChI is InChI=1S/C26H31N5O3/c1-16(2)22(23(27)32)30-24(33)26(31-25(34)28-15-17-8-4-3-5-9-17)13-12-21-19(14-26)18-10-6-7-11-20(18)29-21/h3-11,16,22,29H,12-15H2,1-2H3,(H2,27,32)(H,30,33)(H2,28,31,34)/t22-,26-/m0/s1. The molecule has 0 fully saturated rings. The number of aromatic nitrogens is 1. The van der Waals surface area contributed by atoms with Gasteiger partial charge < -0.3 is 26.7 Å². The first-order chi connectivity index (χ1) is 16.3. The summed E-state index contributed by atoms with van der Waals surface area (Å²) in [5.74, 6) is -1.19. The van der Waals surface area contributed by atoms with E-state index in [1.54, 1.807) is 0 Å². The molecular formula is C26H31N5O3. The molecule has 3 aromatic rings. The minimum absolute atomic E-state index is 0.183. The summed E-state index contributed by atoms with van der Waals surface area (Å²) in [6.07, 6.45) is 1.28. The Morgan fingerprint density at radius 3 is 2.47 bits per heavy atom. The molecule has 2 aromatic carbocycles. The van der Waals surface area contributed by atoms with Crippen LogP contribution in [-0.4, -0.2) is 34.4 Å². The summed E-state index contributed by atoms with van der Waals surface area (Å²) in [5.41, 5.74) is 8.34. The van der Waals surface area contributed by atoms with Gasteiger partial charge >= 0.3 is 6.03 Å². The molecule has 0 unspecified atom stereocenters. The van der Waals surface area contributed by atoms with Crippen LogP contribution >= 0.6 is 0 Å². The molecule has 178 valence electrons. The number of rotatable bonds is 7. The summed E-state index contributed by atoms with van der Waals surface area (Å²) in [7, 11) is 0. The van der Waals surface area contributed by atoms with Crippen molar-refractivity contribution < 1.29 is 14.4 Å². The second-order valence-corrected chi connectivity index (χ2v) is 9.28. The predicted octanol–water partition coefficient (Wildman–Crippen LogP) is 2.52. The molecule has 0 saturated heterocycles. The highest BCUT2D eigenvalue weighted by molar-refractivity contribution is 5.96. The van der Waals surface area contributed by atoms with E-state index >= 15 is 0 Å². The van der Waals surface area contributed by atoms with E-state index in [2.05, 4.69) is 20.9 Å². The minimum Gasteiger partial charge on any atom is -0.368 e. The molecule has 4 amide bonds. The van der Waals surface area contributed by atoms with Gasteiger partial charge in [0.2, 0.25) is 11.8 Å². The van der Waals surface area contributed by atoms with Crippen LogP contribution in [0.5, 0.6) is 0 Å². The number of urea groups is 1. The zero-order valence-corrected chi connectivity index (χ0v) is 19.5. The lowest BCUT2D eigenvalue weighted by Gasteiger charge is -2.38. The fraction of sp³-hybridized carbons (Fsp3) is 0.346. The normalized spacial score (nSPS) is 18.2. The number of aromatic amines is 1. The van der Waals surface area contributed by atoms with Crippen molar-refractivity contribution in [2.75, 3.05) is 0 Å². The summed E-state index contributed by atoms with van der Waals surface area (Å²) in [6, 6.07) is 16.2. The van der Waals surface area contributed by atoms with Gasteiger partial charge in [0.1, 0.15) is 11.6 Å². The SMILES string of the molecule is CC(C)[C@H](NC(=O)[C@]1(NC(=O)NCc2ccccc2)CCc2[nH]c3ccccc3c2C1)C(N)=O. The van der Waals surface area contributed by atoms with E-state index in [0.717, 1.165) is 27.7 Å². The van der Waals surface area contributed by atoms with E-state index in [4.69, 9.17) is 5.73 Å². The highest BCUT2D eigenvalue weighted by Crippen LogP contribution is 2.34. The van der Waals surface area contributed by atoms with Gasteiger partial charge in [-0.05, 0) is 36.0 Å². The van der Waals surface area contributed by atoms with Crippen LogP contribution < -0.4 is 21.7 Å². The molecule has 4 rings (SSSR count). The van der Waals surface area contributed by atoms with E-state index in [1.165, 1.54) is 0 Å². The van der Waals surface area contributed by atoms with Crippen LogP contribution in [0.15, 0.2) is 54.6 Å². The second kappa shape index (κ2) is 9.59. The van der Waals surface area contributed by atoms with Crippen molar-refractivity contribution in [3.05, 3.63) is 71.4 Å². The molecule has 0 saturated carbocycles. The maximum absolute atomic E-state index is 13.6. The van der Waals surface area contributed by atoms with E-state index in [0.29, 0.717) is 25.8 Å². The summed E-state index contributed by atoms with van der Waals surface area (Å²) in [5, 5.41) is 9.64. The van der Waals surface area contributed by atoms with Gasteiger partial charge in [-0.15, -0.1) is 0 Å². The van der Waals surface area contributed by atoms with Crippen LogP contribution in [0.25, 0.3) is 10.9 Å². The minimum atomic E-state index is -1.22. The highest BCUT2D eigenvalue weighted by atomic mass is 16.2. The van der Waals surface area contributed by atoms with Crippen LogP contribution in [0.3, 0.4) is 0 Å². The number of aryl methyl sites for hydroxylation is 1. The summed E-state index contributed by atoms with van der Waals surface area (Å²) in [6.45, 7) is 3.97. The van der Waals surface area contributed by atoms with E-state index in [1.807, 2.05) is 68.4 Å². The molecule has 1 aromatic heterocycles. The van der Waals surface area contributed by atoms with Gasteiger partial charge in [-0.25, -0.2) is 4.79 Å². The van der Waals surface area contributed by atoms with Gasteiger partial charge in [0.25, 0.3) is 0 Å². The molecule has 1 aliphatic rings. The number of primary amides is 1. The Kier molecular flexibility index (Phi) is 6.58. The molecule has 1 aliphatic carbocycles. The fourth-order valence-corrected chi connectivity index (χ4v) is 4.64. The van der Waals surface area contributed by atoms with Crippen LogP contribution in [0, 0.1) is 5.92 Å². The number of H-pyrrole nitrogens is 1. The molecule has 0 aliphatic heterocycles. The van der Waals surface area contributed by atoms with Crippen molar-refractivity contribution in [1.29, 1.82) is 0 Å². The third-order valence-electron chi connectivity index (χ3n) is 6.53. The van der Waals surface area contributed by atoms with Gasteiger partial charge in [0.15, 0.2) is 0 Å². The van der Waals surface area contributed by atoms with Crippen LogP contribution in [-0.2, 0) is 29.0 Å². The Hall–Kier alpha value is -3.81. The van der Waals surface area contributed by atoms with Crippen molar-refractivity contribution in [1.82, 2.24) is 20.9 Å². The average molecular weight is 462 g/mol. The number of carbonyl (C=O) groups is 3. The van der Waals surface area contributed by atoms with Crippen LogP contribution in [0.4, 0.5) is 4.79 Å². The topological polar surface area (TPSA) is 129 Å². The molecule has 8 nitrogen and oxygen atoms in total. The number of nitrogens with two attached hydrogens (primary N) is 1. The summed E-state index contributed by atoms with van der Waals surface area (Å²) >= 11 is 0. The number of amides is 4. The first-order valence-corrected chi connectivity index (χ1v) is 11.6. The van der Waals surface area contributed by atoms with Gasteiger partial charge in [0.05, 0.1) is 0 Å². The number of hydrogen-bond donors (Lipinski definition) is 5. The number of nitrogens with one attached hydrogen (secondary N) is 4. The molecule has 34 heavy (non-hydrogen) atoms. The van der Waals surface area contributed by atoms with Gasteiger partial charge in [-0.1, -0.05) is 62.4 Å². The quantitative estimate of drug-likeness (QED) is 0.371. The number of benzene rings is 2. The lowest BCUT2D eigenvalue weighted by Crippen LogP contribution is -2.65. The second-order valence-electron chi connectivity index (χ2n) is 9.28. The lowest BCUT2D eigenvalue weighted by molar-refractivity contribution is -0.132. The van der Waals surface area contributed by atoms with Gasteiger partial charge in [-0.2, -0.15) is 0 Å². The molecule has 8 heteroatoms. The fourth-order valence-electron chi connectivity index (χ4n) is 4.64. The highest BCUT2D eigenvalue weighted by Gasteiger charge is 2.45. The number of fused-ring (bicyclic) bond motifs is 3. The van der Waals surface area contributed by atoms with Gasteiger partial charge in [0, 0.05) is 29.6 Å². The Morgan fingerprint density at radius 2 is 1.76 bits per heavy atom. The van der Waals surface area contributed by atoms with Crippen molar-refractivity contribution in [2.24, 2.45) is 11.7 Å².